The van der Waals surface area contributed by atoms with Gasteiger partial charge in [-0.15, -0.1) is 12.8 Å². The summed E-state index contributed by atoms with van der Waals surface area (Å²) >= 11 is 0. The van der Waals surface area contributed by atoms with Gasteiger partial charge in [-0.2, -0.15) is 0 Å². The van der Waals surface area contributed by atoms with Crippen molar-refractivity contribution >= 4 is 25.7 Å². The van der Waals surface area contributed by atoms with Gasteiger partial charge in [0.2, 0.25) is 8.32 Å². The molecule has 0 saturated carbocycles. The molecule has 0 radical (unpaired) electrons. The van der Waals surface area contributed by atoms with E-state index in [2.05, 4.69) is 45.7 Å². The van der Waals surface area contributed by atoms with Gasteiger partial charge in [0, 0.05) is 11.5 Å². The zero-order chi connectivity index (χ0) is 24.9. The van der Waals surface area contributed by atoms with Crippen molar-refractivity contribution in [3.8, 4) is 30.4 Å². The summed E-state index contributed by atoms with van der Waals surface area (Å²) in [6.45, 7) is 12.5. The Labute approximate surface area is 197 Å². The van der Waals surface area contributed by atoms with Crippen LogP contribution in [-0.2, 0) is 4.74 Å². The van der Waals surface area contributed by atoms with E-state index in [-0.39, 0.29) is 5.04 Å². The average Bonchev–Trinajstić information content (AvgIpc) is 2.75. The van der Waals surface area contributed by atoms with Crippen LogP contribution in [0.25, 0.3) is 5.57 Å². The first-order valence-electron chi connectivity index (χ1n) is 11.0. The summed E-state index contributed by atoms with van der Waals surface area (Å²) in [6, 6.07) is 4.64. The van der Waals surface area contributed by atoms with Crippen LogP contribution < -0.4 is 9.33 Å². The van der Waals surface area contributed by atoms with E-state index in [4.69, 9.17) is 22.0 Å². The molecule has 0 fully saturated rings. The van der Waals surface area contributed by atoms with Gasteiger partial charge in [0.05, 0.1) is 30.9 Å². The molecule has 33 heavy (non-hydrogen) atoms. The zero-order valence-corrected chi connectivity index (χ0v) is 21.3. The molecule has 1 aliphatic heterocycles. The second-order valence-corrected chi connectivity index (χ2v) is 15.0. The molecule has 0 saturated heterocycles. The zero-order valence-electron chi connectivity index (χ0n) is 20.3. The molecule has 0 spiro atoms. The molecule has 0 aromatic heterocycles. The van der Waals surface area contributed by atoms with E-state index in [0.717, 1.165) is 0 Å². The number of aliphatic hydroxyl groups is 2. The lowest BCUT2D eigenvalue weighted by Crippen LogP contribution is -2.52. The highest BCUT2D eigenvalue weighted by Crippen LogP contribution is 2.50. The van der Waals surface area contributed by atoms with Crippen molar-refractivity contribution in [3.05, 3.63) is 29.3 Å². The molecule has 2 aliphatic rings. The quantitative estimate of drug-likeness (QED) is 0.507. The molecule has 1 heterocycles. The number of hydrogen-bond donors (Lipinski definition) is 2. The topological polar surface area (TPSA) is 79.2 Å². The van der Waals surface area contributed by atoms with E-state index >= 15 is 0 Å². The third-order valence-electron chi connectivity index (χ3n) is 7.27. The standard InChI is InChI=1S/C26H33NO5Si/c1-10-17-22-18-14-16(32-33(8,9)26(4,5)6)12-13-20(18)27(25(30)31-7)19(11-2)21(22)15(3)23(28)24(17)29/h1-2,12-15,17,19,23-24,28-29H,3-9H3/t15-,17+,19+,23+,24-/m1/s1. The molecular formula is C26H33NO5Si. The van der Waals surface area contributed by atoms with E-state index in [1.54, 1.807) is 13.0 Å². The fourth-order valence-corrected chi connectivity index (χ4v) is 5.39. The van der Waals surface area contributed by atoms with Gasteiger partial charge in [0.25, 0.3) is 0 Å². The van der Waals surface area contributed by atoms with Crippen LogP contribution in [0.3, 0.4) is 0 Å². The Balaban J connectivity index is 2.31. The molecule has 5 atom stereocenters. The number of fused-ring (bicyclic) bond motifs is 2. The number of nitrogens with zero attached hydrogens (tertiary/aromatic N) is 1. The molecule has 1 aromatic rings. The Hall–Kier alpha value is -2.71. The first-order valence-corrected chi connectivity index (χ1v) is 13.9. The monoisotopic (exact) mass is 467 g/mol. The molecule has 7 heteroatoms. The van der Waals surface area contributed by atoms with Crippen LogP contribution in [-0.4, -0.2) is 50.0 Å². The van der Waals surface area contributed by atoms with Gasteiger partial charge in [-0.25, -0.2) is 4.79 Å². The van der Waals surface area contributed by atoms with Gasteiger partial charge in [-0.3, -0.25) is 4.90 Å². The number of methoxy groups -OCH3 is 1. The van der Waals surface area contributed by atoms with E-state index < -0.39 is 44.5 Å². The Kier molecular flexibility index (Phi) is 6.47. The molecule has 1 amide bonds. The Morgan fingerprint density at radius 2 is 1.79 bits per heavy atom. The molecule has 0 bridgehead atoms. The van der Waals surface area contributed by atoms with Gasteiger partial charge < -0.3 is 19.4 Å². The van der Waals surface area contributed by atoms with Crippen LogP contribution in [0.1, 0.15) is 33.3 Å². The summed E-state index contributed by atoms with van der Waals surface area (Å²) in [5, 5.41) is 21.5. The van der Waals surface area contributed by atoms with Gasteiger partial charge in [-0.1, -0.05) is 39.5 Å². The van der Waals surface area contributed by atoms with Crippen LogP contribution >= 0.6 is 0 Å². The van der Waals surface area contributed by atoms with Crippen molar-refractivity contribution < 1.29 is 24.2 Å². The molecule has 1 aliphatic carbocycles. The number of benzene rings is 1. The Morgan fingerprint density at radius 1 is 1.15 bits per heavy atom. The number of terminal acetylenes is 2. The van der Waals surface area contributed by atoms with Crippen LogP contribution in [0, 0.1) is 36.5 Å². The maximum atomic E-state index is 12.8. The van der Waals surface area contributed by atoms with Crippen molar-refractivity contribution in [2.45, 2.75) is 64.1 Å². The highest BCUT2D eigenvalue weighted by atomic mass is 28.4. The van der Waals surface area contributed by atoms with Gasteiger partial charge in [0.1, 0.15) is 11.8 Å². The van der Waals surface area contributed by atoms with Crippen LogP contribution in [0.4, 0.5) is 10.5 Å². The lowest BCUT2D eigenvalue weighted by atomic mass is 9.67. The second kappa shape index (κ2) is 8.57. The number of carbonyl (C=O) groups excluding carboxylic acids is 1. The molecule has 1 aromatic carbocycles. The number of carbonyl (C=O) groups is 1. The summed E-state index contributed by atoms with van der Waals surface area (Å²) in [4.78, 5) is 14.2. The number of hydrogen-bond acceptors (Lipinski definition) is 5. The number of anilines is 1. The minimum atomic E-state index is -2.15. The first kappa shape index (κ1) is 24.9. The third kappa shape index (κ3) is 3.95. The van der Waals surface area contributed by atoms with Crippen LogP contribution in [0.15, 0.2) is 23.8 Å². The number of rotatable bonds is 2. The maximum Gasteiger partial charge on any atom is 0.415 e. The Morgan fingerprint density at radius 3 is 2.30 bits per heavy atom. The van der Waals surface area contributed by atoms with Crippen molar-refractivity contribution in [1.82, 2.24) is 0 Å². The van der Waals surface area contributed by atoms with E-state index in [1.807, 2.05) is 12.1 Å². The Bertz CT molecular complexity index is 1070. The lowest BCUT2D eigenvalue weighted by Gasteiger charge is -2.46. The smallest absolute Gasteiger partial charge is 0.415 e. The fraction of sp³-hybridized carbons (Fsp3) is 0.500. The summed E-state index contributed by atoms with van der Waals surface area (Å²) in [7, 11) is -0.854. The number of aliphatic hydroxyl groups excluding tert-OH is 2. The normalized spacial score (nSPS) is 27.1. The van der Waals surface area contributed by atoms with Crippen LogP contribution in [0.2, 0.25) is 18.1 Å². The fourth-order valence-electron chi connectivity index (χ4n) is 4.37. The average molecular weight is 468 g/mol. The lowest BCUT2D eigenvalue weighted by molar-refractivity contribution is -0.0210. The highest BCUT2D eigenvalue weighted by molar-refractivity contribution is 6.74. The predicted octanol–water partition coefficient (Wildman–Crippen LogP) is 4.03. The number of amides is 1. The summed E-state index contributed by atoms with van der Waals surface area (Å²) in [6.07, 6.45) is 8.83. The van der Waals surface area contributed by atoms with Crippen molar-refractivity contribution in [3.63, 3.8) is 0 Å². The summed E-state index contributed by atoms with van der Waals surface area (Å²) in [5.74, 6) is 4.65. The molecular weight excluding hydrogens is 434 g/mol. The predicted molar refractivity (Wildman–Crippen MR) is 132 cm³/mol. The molecule has 0 unspecified atom stereocenters. The first-order chi connectivity index (χ1) is 15.3. The van der Waals surface area contributed by atoms with Crippen molar-refractivity contribution in [2.24, 2.45) is 11.8 Å². The molecule has 2 N–H and O–H groups in total. The highest BCUT2D eigenvalue weighted by Gasteiger charge is 2.49. The SMILES string of the molecule is C#C[C@H]1C2=C([C@@H](C)[C@H](O)[C@@H]1O)[C@H](C#C)N(C(=O)OC)c1ccc(O[Si](C)(C)C(C)(C)C)cc12. The minimum absolute atomic E-state index is 0.0129. The van der Waals surface area contributed by atoms with Gasteiger partial charge in [0.15, 0.2) is 0 Å². The minimum Gasteiger partial charge on any atom is -0.543 e. The van der Waals surface area contributed by atoms with E-state index in [9.17, 15) is 15.0 Å². The summed E-state index contributed by atoms with van der Waals surface area (Å²) < 4.78 is 11.6. The molecule has 6 nitrogen and oxygen atoms in total. The van der Waals surface area contributed by atoms with Crippen molar-refractivity contribution in [2.75, 3.05) is 12.0 Å². The van der Waals surface area contributed by atoms with Crippen molar-refractivity contribution in [1.29, 1.82) is 0 Å². The summed E-state index contributed by atoms with van der Waals surface area (Å²) in [5.41, 5.74) is 2.49. The molecule has 3 rings (SSSR count). The van der Waals surface area contributed by atoms with Gasteiger partial charge in [-0.05, 0) is 47.5 Å². The molecule has 176 valence electrons. The van der Waals surface area contributed by atoms with Crippen LogP contribution in [0.5, 0.6) is 5.75 Å². The largest absolute Gasteiger partial charge is 0.543 e. The maximum absolute atomic E-state index is 12.8. The van der Waals surface area contributed by atoms with Gasteiger partial charge >= 0.3 is 6.09 Å². The van der Waals surface area contributed by atoms with E-state index in [0.29, 0.717) is 28.1 Å². The second-order valence-electron chi connectivity index (χ2n) is 10.2. The van der Waals surface area contributed by atoms with E-state index in [1.165, 1.54) is 12.0 Å². The third-order valence-corrected chi connectivity index (χ3v) is 11.6. The number of ether oxygens (including phenoxy) is 1.